The zero-order valence-corrected chi connectivity index (χ0v) is 24.3. The second-order valence-electron chi connectivity index (χ2n) is 13.4. The highest BCUT2D eigenvalue weighted by atomic mass is 19.4. The molecule has 4 fully saturated rings. The monoisotopic (exact) mass is 567 g/mol. The van der Waals surface area contributed by atoms with Gasteiger partial charge in [0.15, 0.2) is 5.69 Å². The molecule has 4 heterocycles. The maximum absolute atomic E-state index is 13.5. The van der Waals surface area contributed by atoms with Crippen molar-refractivity contribution in [1.29, 1.82) is 0 Å². The zero-order chi connectivity index (χ0) is 28.8. The van der Waals surface area contributed by atoms with Crippen molar-refractivity contribution in [3.05, 3.63) is 41.0 Å². The lowest BCUT2D eigenvalue weighted by Gasteiger charge is -2.90. The number of halogens is 3. The van der Waals surface area contributed by atoms with Crippen molar-refractivity contribution >= 4 is 0 Å². The first-order valence-corrected chi connectivity index (χ1v) is 14.8. The Labute approximate surface area is 237 Å². The molecule has 5 aliphatic rings. The van der Waals surface area contributed by atoms with E-state index in [4.69, 9.17) is 9.84 Å². The largest absolute Gasteiger partial charge is 0.480 e. The summed E-state index contributed by atoms with van der Waals surface area (Å²) >= 11 is 0. The standard InChI is InChI=1S/C30H36F3N7O/c1-14-21-23-22(28(21,3)27-36-19(12-38(27)4)30(31,32)33)15(2)29(14,23)40-10-9-18-17(11-40)25(37-39(18)5)20-24(16-7-8-16)34-13-35-26(20)41-6/h12-16,21-23H,7-11H2,1-6H3. The van der Waals surface area contributed by atoms with E-state index < -0.39 is 11.9 Å². The Morgan fingerprint density at radius 3 is 2.34 bits per heavy atom. The van der Waals surface area contributed by atoms with E-state index in [1.807, 2.05) is 11.7 Å². The van der Waals surface area contributed by atoms with Crippen molar-refractivity contribution < 1.29 is 17.9 Å². The molecule has 0 radical (unpaired) electrons. The van der Waals surface area contributed by atoms with Crippen molar-refractivity contribution in [3.8, 4) is 17.1 Å². The summed E-state index contributed by atoms with van der Waals surface area (Å²) in [5, 5.41) is 5.02. The van der Waals surface area contributed by atoms with Gasteiger partial charge in [-0.2, -0.15) is 18.3 Å². The van der Waals surface area contributed by atoms with E-state index in [0.717, 1.165) is 55.5 Å². The molecule has 218 valence electrons. The molecule has 4 saturated carbocycles. The molecule has 41 heavy (non-hydrogen) atoms. The molecule has 8 rings (SSSR count). The van der Waals surface area contributed by atoms with Gasteiger partial charge in [0, 0.05) is 67.9 Å². The van der Waals surface area contributed by atoms with E-state index >= 15 is 0 Å². The molecular weight excluding hydrogens is 531 g/mol. The van der Waals surface area contributed by atoms with E-state index in [0.29, 0.717) is 47.2 Å². The molecule has 4 atom stereocenters. The fourth-order valence-corrected chi connectivity index (χ4v) is 10.4. The van der Waals surface area contributed by atoms with Gasteiger partial charge >= 0.3 is 6.18 Å². The van der Waals surface area contributed by atoms with E-state index in [2.05, 4.69) is 40.6 Å². The van der Waals surface area contributed by atoms with Crippen LogP contribution >= 0.6 is 0 Å². The highest BCUT2D eigenvalue weighted by Crippen LogP contribution is 2.85. The SMILES string of the molecule is COc1ncnc(C2CC2)c1-c1nn(C)c2c1CN(C13C(C)C4C1C(C3C)C4(C)c1nc(C(F)(F)F)cn1C)CC2. The summed E-state index contributed by atoms with van der Waals surface area (Å²) in [4.78, 5) is 16.0. The van der Waals surface area contributed by atoms with Gasteiger partial charge < -0.3 is 9.30 Å². The van der Waals surface area contributed by atoms with E-state index in [1.54, 1.807) is 25.1 Å². The average molecular weight is 568 g/mol. The molecule has 0 saturated heterocycles. The van der Waals surface area contributed by atoms with Crippen molar-refractivity contribution in [2.45, 2.75) is 69.6 Å². The molecule has 0 spiro atoms. The van der Waals surface area contributed by atoms with Crippen molar-refractivity contribution in [1.82, 2.24) is 34.2 Å². The second-order valence-corrected chi connectivity index (χ2v) is 13.4. The predicted octanol–water partition coefficient (Wildman–Crippen LogP) is 4.73. The molecule has 8 nitrogen and oxygen atoms in total. The Kier molecular flexibility index (Phi) is 4.96. The Morgan fingerprint density at radius 2 is 1.76 bits per heavy atom. The average Bonchev–Trinajstić information content (AvgIpc) is 3.61. The van der Waals surface area contributed by atoms with Crippen LogP contribution in [0.2, 0.25) is 0 Å². The molecule has 3 aromatic rings. The van der Waals surface area contributed by atoms with Gasteiger partial charge in [-0.3, -0.25) is 9.58 Å². The van der Waals surface area contributed by atoms with Crippen LogP contribution in [0.4, 0.5) is 13.2 Å². The number of hydrogen-bond acceptors (Lipinski definition) is 6. The predicted molar refractivity (Wildman–Crippen MR) is 144 cm³/mol. The lowest BCUT2D eigenvalue weighted by atomic mass is 9.17. The third kappa shape index (κ3) is 2.91. The first-order valence-electron chi connectivity index (χ1n) is 14.8. The second kappa shape index (κ2) is 7.90. The van der Waals surface area contributed by atoms with Gasteiger partial charge in [-0.05, 0) is 42.4 Å². The van der Waals surface area contributed by atoms with Gasteiger partial charge in [-0.25, -0.2) is 15.0 Å². The van der Waals surface area contributed by atoms with Crippen LogP contribution in [0.3, 0.4) is 0 Å². The molecule has 4 unspecified atom stereocenters. The number of alkyl halides is 3. The fourth-order valence-electron chi connectivity index (χ4n) is 10.4. The normalized spacial score (nSPS) is 35.7. The highest BCUT2D eigenvalue weighted by molar-refractivity contribution is 5.72. The van der Waals surface area contributed by atoms with Gasteiger partial charge in [-0.1, -0.05) is 20.8 Å². The van der Waals surface area contributed by atoms with Crippen molar-refractivity contribution in [2.75, 3.05) is 13.7 Å². The van der Waals surface area contributed by atoms with Crippen LogP contribution in [0.15, 0.2) is 12.5 Å². The zero-order valence-electron chi connectivity index (χ0n) is 24.3. The third-order valence-corrected chi connectivity index (χ3v) is 11.9. The number of aromatic nitrogens is 6. The maximum Gasteiger partial charge on any atom is 0.434 e. The molecule has 0 amide bonds. The van der Waals surface area contributed by atoms with Crippen LogP contribution in [0.1, 0.15) is 68.0 Å². The smallest absolute Gasteiger partial charge is 0.434 e. The third-order valence-electron chi connectivity index (χ3n) is 11.9. The van der Waals surface area contributed by atoms with Gasteiger partial charge in [0.25, 0.3) is 0 Å². The number of hydrogen-bond donors (Lipinski definition) is 0. The highest BCUT2D eigenvalue weighted by Gasteiger charge is 2.89. The van der Waals surface area contributed by atoms with Crippen molar-refractivity contribution in [2.24, 2.45) is 43.7 Å². The number of ether oxygens (including phenoxy) is 1. The number of aryl methyl sites for hydroxylation is 2. The quantitative estimate of drug-likeness (QED) is 0.444. The molecule has 4 aliphatic carbocycles. The van der Waals surface area contributed by atoms with Crippen LogP contribution in [0.5, 0.6) is 5.88 Å². The minimum Gasteiger partial charge on any atom is -0.480 e. The van der Waals surface area contributed by atoms with Crippen molar-refractivity contribution in [3.63, 3.8) is 0 Å². The number of methoxy groups -OCH3 is 1. The van der Waals surface area contributed by atoms with Crippen LogP contribution < -0.4 is 4.74 Å². The fraction of sp³-hybridized carbons (Fsp3) is 0.667. The van der Waals surface area contributed by atoms with Gasteiger partial charge in [0.1, 0.15) is 17.8 Å². The lowest BCUT2D eigenvalue weighted by Crippen LogP contribution is -2.95. The van der Waals surface area contributed by atoms with Gasteiger partial charge in [0.05, 0.1) is 18.4 Å². The summed E-state index contributed by atoms with van der Waals surface area (Å²) < 4.78 is 50.0. The summed E-state index contributed by atoms with van der Waals surface area (Å²) in [5.41, 5.74) is 4.29. The molecule has 0 N–H and O–H groups in total. The Hall–Kier alpha value is -2.95. The first-order chi connectivity index (χ1) is 19.4. The maximum atomic E-state index is 13.5. The van der Waals surface area contributed by atoms with Crippen LogP contribution in [0, 0.1) is 29.6 Å². The summed E-state index contributed by atoms with van der Waals surface area (Å²) in [6, 6.07) is 0. The summed E-state index contributed by atoms with van der Waals surface area (Å²) in [7, 11) is 5.39. The topological polar surface area (TPSA) is 73.9 Å². The minimum atomic E-state index is -4.44. The summed E-state index contributed by atoms with van der Waals surface area (Å²) in [6.45, 7) is 8.54. The Balaban J connectivity index is 1.14. The number of nitrogens with zero attached hydrogens (tertiary/aromatic N) is 7. The summed E-state index contributed by atoms with van der Waals surface area (Å²) in [5.74, 6) is 3.41. The molecule has 11 heteroatoms. The van der Waals surface area contributed by atoms with E-state index in [9.17, 15) is 13.2 Å². The van der Waals surface area contributed by atoms with Crippen LogP contribution in [0.25, 0.3) is 11.3 Å². The first kappa shape index (κ1) is 25.7. The van der Waals surface area contributed by atoms with E-state index in [1.165, 1.54) is 11.3 Å². The van der Waals surface area contributed by atoms with Gasteiger partial charge in [0.2, 0.25) is 5.88 Å². The summed E-state index contributed by atoms with van der Waals surface area (Å²) in [6.07, 6.45) is 1.46. The Bertz CT molecular complexity index is 1560. The molecule has 0 aromatic carbocycles. The molecule has 3 aromatic heterocycles. The number of imidazole rings is 1. The lowest BCUT2D eigenvalue weighted by molar-refractivity contribution is -0.400. The molecule has 1 aliphatic heterocycles. The van der Waals surface area contributed by atoms with Crippen LogP contribution in [-0.2, 0) is 38.7 Å². The number of rotatable bonds is 5. The molecular formula is C30H36F3N7O. The molecule has 0 bridgehead atoms. The number of fused-ring (bicyclic) bond motifs is 1. The Morgan fingerprint density at radius 1 is 1.05 bits per heavy atom. The minimum absolute atomic E-state index is 0.0499. The van der Waals surface area contributed by atoms with Gasteiger partial charge in [-0.15, -0.1) is 0 Å². The van der Waals surface area contributed by atoms with Crippen LogP contribution in [-0.4, -0.2) is 53.4 Å². The van der Waals surface area contributed by atoms with E-state index in [-0.39, 0.29) is 11.0 Å².